The monoisotopic (exact) mass is 307 g/mol. The van der Waals surface area contributed by atoms with Gasteiger partial charge in [0.1, 0.15) is 0 Å². The van der Waals surface area contributed by atoms with Crippen molar-refractivity contribution in [3.63, 3.8) is 0 Å². The van der Waals surface area contributed by atoms with Gasteiger partial charge in [0.2, 0.25) is 0 Å². The first-order valence-electron chi connectivity index (χ1n) is 7.21. The van der Waals surface area contributed by atoms with E-state index in [-0.39, 0.29) is 12.6 Å². The summed E-state index contributed by atoms with van der Waals surface area (Å²) in [5.74, 6) is 0.471. The zero-order valence-corrected chi connectivity index (χ0v) is 13.2. The van der Waals surface area contributed by atoms with Crippen LogP contribution in [0.3, 0.4) is 0 Å². The molecule has 1 aromatic heterocycles. The maximum absolute atomic E-state index is 8.90. The molecule has 1 atom stereocenters. The number of hydrogen-bond donors (Lipinski definition) is 2. The molecule has 0 spiro atoms. The zero-order chi connectivity index (χ0) is 15.2. The van der Waals surface area contributed by atoms with Crippen molar-refractivity contribution < 1.29 is 5.11 Å². The first kappa shape index (κ1) is 16.0. The van der Waals surface area contributed by atoms with Crippen LogP contribution in [-0.4, -0.2) is 21.5 Å². The molecule has 0 saturated carbocycles. The second-order valence-electron chi connectivity index (χ2n) is 5.49. The molecule has 0 aliphatic carbocycles. The summed E-state index contributed by atoms with van der Waals surface area (Å²) in [5.41, 5.74) is 2.35. The van der Waals surface area contributed by atoms with E-state index in [0.717, 1.165) is 17.1 Å². The van der Waals surface area contributed by atoms with Crippen LogP contribution in [0, 0.1) is 5.92 Å². The Kier molecular flexibility index (Phi) is 5.79. The van der Waals surface area contributed by atoms with E-state index >= 15 is 0 Å². The minimum atomic E-state index is 0.105. The van der Waals surface area contributed by atoms with E-state index in [2.05, 4.69) is 36.4 Å². The molecule has 4 nitrogen and oxygen atoms in total. The fourth-order valence-corrected chi connectivity index (χ4v) is 2.48. The van der Waals surface area contributed by atoms with Crippen molar-refractivity contribution in [3.05, 3.63) is 52.8 Å². The molecule has 2 rings (SSSR count). The Bertz CT molecular complexity index is 551. The molecule has 1 unspecified atom stereocenters. The van der Waals surface area contributed by atoms with Gasteiger partial charge in [-0.25, -0.2) is 0 Å². The highest BCUT2D eigenvalue weighted by Crippen LogP contribution is 2.23. The number of hydrogen-bond acceptors (Lipinski definition) is 3. The molecule has 0 aliphatic heterocycles. The van der Waals surface area contributed by atoms with Crippen molar-refractivity contribution in [2.24, 2.45) is 5.92 Å². The molecule has 5 heteroatoms. The predicted molar refractivity (Wildman–Crippen MR) is 85.2 cm³/mol. The normalized spacial score (nSPS) is 12.8. The summed E-state index contributed by atoms with van der Waals surface area (Å²) in [6, 6.07) is 8.24. The number of nitrogens with one attached hydrogen (secondary N) is 1. The third-order valence-corrected chi connectivity index (χ3v) is 3.69. The van der Waals surface area contributed by atoms with Crippen molar-refractivity contribution in [1.82, 2.24) is 15.1 Å². The quantitative estimate of drug-likeness (QED) is 0.826. The zero-order valence-electron chi connectivity index (χ0n) is 12.5. The lowest BCUT2D eigenvalue weighted by Gasteiger charge is -2.22. The van der Waals surface area contributed by atoms with E-state index < -0.39 is 0 Å². The molecule has 0 amide bonds. The molecule has 0 aliphatic rings. The molecule has 21 heavy (non-hydrogen) atoms. The highest BCUT2D eigenvalue weighted by molar-refractivity contribution is 6.30. The van der Waals surface area contributed by atoms with Crippen molar-refractivity contribution >= 4 is 11.6 Å². The van der Waals surface area contributed by atoms with E-state index in [4.69, 9.17) is 16.7 Å². The van der Waals surface area contributed by atoms with Gasteiger partial charge in [0.05, 0.1) is 19.3 Å². The van der Waals surface area contributed by atoms with E-state index in [9.17, 15) is 0 Å². The van der Waals surface area contributed by atoms with Gasteiger partial charge in [0, 0.05) is 29.4 Å². The number of rotatable bonds is 7. The Morgan fingerprint density at radius 1 is 1.29 bits per heavy atom. The summed E-state index contributed by atoms with van der Waals surface area (Å²) in [6.45, 7) is 5.78. The number of halogens is 1. The molecule has 0 bridgehead atoms. The number of aliphatic hydroxyl groups is 1. The summed E-state index contributed by atoms with van der Waals surface area (Å²) in [5, 5.41) is 17.4. The topological polar surface area (TPSA) is 50.1 Å². The SMILES string of the molecule is CC(C)C(NCc1cnn(CCO)c1)c1ccc(Cl)cc1. The highest BCUT2D eigenvalue weighted by atomic mass is 35.5. The molecule has 1 heterocycles. The van der Waals surface area contributed by atoms with Gasteiger partial charge in [0.25, 0.3) is 0 Å². The first-order valence-corrected chi connectivity index (χ1v) is 7.59. The van der Waals surface area contributed by atoms with Gasteiger partial charge in [-0.05, 0) is 23.6 Å². The van der Waals surface area contributed by atoms with E-state index in [1.165, 1.54) is 5.56 Å². The van der Waals surface area contributed by atoms with Crippen LogP contribution < -0.4 is 5.32 Å². The van der Waals surface area contributed by atoms with Crippen LogP contribution in [0.5, 0.6) is 0 Å². The molecule has 2 N–H and O–H groups in total. The average Bonchev–Trinajstić information content (AvgIpc) is 2.89. The lowest BCUT2D eigenvalue weighted by molar-refractivity contribution is 0.269. The van der Waals surface area contributed by atoms with Gasteiger partial charge in [-0.1, -0.05) is 37.6 Å². The Morgan fingerprint density at radius 3 is 2.62 bits per heavy atom. The van der Waals surface area contributed by atoms with Gasteiger partial charge in [-0.15, -0.1) is 0 Å². The van der Waals surface area contributed by atoms with Crippen LogP contribution in [0.15, 0.2) is 36.7 Å². The Morgan fingerprint density at radius 2 is 2.00 bits per heavy atom. The summed E-state index contributed by atoms with van der Waals surface area (Å²) in [7, 11) is 0. The van der Waals surface area contributed by atoms with Crippen molar-refractivity contribution in [2.45, 2.75) is 33.0 Å². The Balaban J connectivity index is 2.01. The van der Waals surface area contributed by atoms with Crippen LogP contribution in [0.2, 0.25) is 5.02 Å². The van der Waals surface area contributed by atoms with Crippen LogP contribution in [-0.2, 0) is 13.1 Å². The molecule has 0 fully saturated rings. The molecular weight excluding hydrogens is 286 g/mol. The summed E-state index contributed by atoms with van der Waals surface area (Å²) >= 11 is 5.95. The minimum Gasteiger partial charge on any atom is -0.394 e. The van der Waals surface area contributed by atoms with Gasteiger partial charge >= 0.3 is 0 Å². The van der Waals surface area contributed by atoms with Gasteiger partial charge in [-0.2, -0.15) is 5.10 Å². The van der Waals surface area contributed by atoms with E-state index in [0.29, 0.717) is 12.5 Å². The summed E-state index contributed by atoms with van der Waals surface area (Å²) in [4.78, 5) is 0. The third-order valence-electron chi connectivity index (χ3n) is 3.44. The highest BCUT2D eigenvalue weighted by Gasteiger charge is 2.15. The number of aliphatic hydroxyl groups excluding tert-OH is 1. The van der Waals surface area contributed by atoms with Crippen LogP contribution in [0.25, 0.3) is 0 Å². The van der Waals surface area contributed by atoms with E-state index in [1.54, 1.807) is 4.68 Å². The maximum Gasteiger partial charge on any atom is 0.0640 e. The standard InChI is InChI=1S/C16H22ClN3O/c1-12(2)16(14-3-5-15(17)6-4-14)18-9-13-10-19-20(11-13)7-8-21/h3-6,10-12,16,18,21H,7-9H2,1-2H3. The maximum atomic E-state index is 8.90. The lowest BCUT2D eigenvalue weighted by Crippen LogP contribution is -2.25. The predicted octanol–water partition coefficient (Wildman–Crippen LogP) is 3.02. The fraction of sp³-hybridized carbons (Fsp3) is 0.438. The number of benzene rings is 1. The molecule has 0 saturated heterocycles. The number of aromatic nitrogens is 2. The smallest absolute Gasteiger partial charge is 0.0640 e. The second-order valence-corrected chi connectivity index (χ2v) is 5.93. The van der Waals surface area contributed by atoms with Gasteiger partial charge in [-0.3, -0.25) is 4.68 Å². The molecule has 1 aromatic carbocycles. The third kappa shape index (κ3) is 4.56. The molecule has 2 aromatic rings. The molecule has 114 valence electrons. The Hall–Kier alpha value is -1.36. The minimum absolute atomic E-state index is 0.105. The second kappa shape index (κ2) is 7.59. The fourth-order valence-electron chi connectivity index (χ4n) is 2.36. The summed E-state index contributed by atoms with van der Waals surface area (Å²) < 4.78 is 1.75. The molecule has 0 radical (unpaired) electrons. The van der Waals surface area contributed by atoms with Crippen molar-refractivity contribution in [1.29, 1.82) is 0 Å². The van der Waals surface area contributed by atoms with Gasteiger partial charge in [0.15, 0.2) is 0 Å². The first-order chi connectivity index (χ1) is 10.1. The largest absolute Gasteiger partial charge is 0.394 e. The summed E-state index contributed by atoms with van der Waals surface area (Å²) in [6.07, 6.45) is 3.80. The van der Waals surface area contributed by atoms with Crippen molar-refractivity contribution in [2.75, 3.05) is 6.61 Å². The number of nitrogens with zero attached hydrogens (tertiary/aromatic N) is 2. The van der Waals surface area contributed by atoms with Crippen molar-refractivity contribution in [3.8, 4) is 0 Å². The van der Waals surface area contributed by atoms with E-state index in [1.807, 2.05) is 24.5 Å². The van der Waals surface area contributed by atoms with Crippen LogP contribution in [0.4, 0.5) is 0 Å². The van der Waals surface area contributed by atoms with Gasteiger partial charge < -0.3 is 10.4 Å². The van der Waals surface area contributed by atoms with Crippen LogP contribution >= 0.6 is 11.6 Å². The average molecular weight is 308 g/mol. The Labute approximate surface area is 130 Å². The lowest BCUT2D eigenvalue weighted by atomic mass is 9.96. The van der Waals surface area contributed by atoms with Crippen LogP contribution in [0.1, 0.15) is 31.0 Å². The molecular formula is C16H22ClN3O.